The summed E-state index contributed by atoms with van der Waals surface area (Å²) in [6.07, 6.45) is -72.3. The Morgan fingerprint density at radius 1 is 0.247 bits per heavy atom. The van der Waals surface area contributed by atoms with Gasteiger partial charge in [-0.05, 0) is 25.7 Å². The van der Waals surface area contributed by atoms with Crippen molar-refractivity contribution < 1.29 is 199 Å². The molecule has 21 fully saturated rings. The first-order valence-corrected chi connectivity index (χ1v) is 33.0. The molecule has 544 valence electrons. The molecule has 35 atom stereocenters. The first kappa shape index (κ1) is 77.2. The number of aliphatic hydroxyl groups is 19. The zero-order valence-electron chi connectivity index (χ0n) is 49.2. The highest BCUT2D eigenvalue weighted by atomic mass is 32.2. The van der Waals surface area contributed by atoms with Crippen molar-refractivity contribution in [3.05, 3.63) is 0 Å². The molecule has 21 aliphatic heterocycles. The minimum absolute atomic E-state index is 0.175. The van der Waals surface area contributed by atoms with Crippen LogP contribution in [-0.4, -0.2) is 409 Å². The van der Waals surface area contributed by atoms with Crippen LogP contribution in [0.2, 0.25) is 0 Å². The second-order valence-electron chi connectivity index (χ2n) is 23.3. The molecular weight excluding hydrogens is 1320 g/mol. The zero-order valence-corrected chi connectivity index (χ0v) is 50.8. The van der Waals surface area contributed by atoms with Crippen molar-refractivity contribution in [2.24, 2.45) is 0 Å². The van der Waals surface area contributed by atoms with E-state index in [-0.39, 0.29) is 25.7 Å². The average Bonchev–Trinajstić information content (AvgIpc) is 0.785. The molecule has 0 aliphatic carbocycles. The Hall–Kier alpha value is -1.58. The molecule has 21 aliphatic rings. The molecule has 21 saturated heterocycles. The van der Waals surface area contributed by atoms with E-state index >= 15 is 0 Å². The minimum atomic E-state index is -4.50. The van der Waals surface area contributed by atoms with Gasteiger partial charge in [0.2, 0.25) is 0 Å². The number of aliphatic hydroxyl groups excluding tert-OH is 19. The van der Waals surface area contributed by atoms with Gasteiger partial charge in [0, 0.05) is 13.2 Å². The van der Waals surface area contributed by atoms with Gasteiger partial charge >= 0.3 is 0 Å². The van der Waals surface area contributed by atoms with Crippen molar-refractivity contribution in [3.63, 3.8) is 0 Å². The van der Waals surface area contributed by atoms with Crippen molar-refractivity contribution in [2.75, 3.05) is 71.0 Å². The summed E-state index contributed by atoms with van der Waals surface area (Å²) in [4.78, 5) is 0. The predicted octanol–water partition coefficient (Wildman–Crippen LogP) is -13.8. The molecule has 93 heavy (non-hydrogen) atoms. The third-order valence-corrected chi connectivity index (χ3v) is 18.6. The van der Waals surface area contributed by atoms with Crippen molar-refractivity contribution in [3.8, 4) is 0 Å². The molecular formula is C50H86O41S2. The predicted molar refractivity (Wildman–Crippen MR) is 287 cm³/mol. The molecule has 43 heteroatoms. The van der Waals surface area contributed by atoms with Gasteiger partial charge in [-0.2, -0.15) is 16.8 Å². The molecule has 0 saturated carbocycles. The second-order valence-corrected chi connectivity index (χ2v) is 26.5. The van der Waals surface area contributed by atoms with E-state index in [0.717, 1.165) is 0 Å². The van der Waals surface area contributed by atoms with Gasteiger partial charge in [0.15, 0.2) is 44.0 Å². The molecule has 14 bridgehead atoms. The summed E-state index contributed by atoms with van der Waals surface area (Å²) in [5, 5.41) is 214. The quantitative estimate of drug-likeness (QED) is 0.0422. The first-order chi connectivity index (χ1) is 44.0. The SMILES string of the molecule is O=S(=O)(O)CCCCO[C@@H]1[C@@H](O)[C@H]2O[C@H]3[C@H](OCCCCS(=O)(=O)O)[C@@H](O)[C@@H](O[C@H]4[C@H](O)[C@@H](O)[C@@H](O[C@H]5[C@H](O)[C@@H](O)[C@@H](O[C@H]6[C@H](O)[C@@H](O)[C@@H](O[C@H]7[C@H](O)[C@@H](O)[C@@H](O[C@H]8[C@H](O)[C@@H](O)[C@@H](O[C@@H]1[C@@H](CO)O2)O[C@@H]8CO)O[C@@H]7CO)O[C@@H]6CO)O[C@@H]5CO)O[C@@H]4CO)O[C@@H]3CO. The van der Waals surface area contributed by atoms with E-state index < -0.39 is 306 Å². The molecule has 21 heterocycles. The highest BCUT2D eigenvalue weighted by molar-refractivity contribution is 7.86. The standard InChI is InChI=1S/C50H86O41S2/c51-9-16-35-23(58)28(63)44(78-16)86-36-17(10-52)80-46(30(65)25(36)60)88-38-19(12-54)82-48(32(67)27(38)62)90-40-21(14-56)84-50(34(69)43(40)77-6-2-4-8-93(73,74)75)91-41-22(15-57)83-49(33(68)42(41)76-5-1-3-7-92(70,71)72)89-39-20(13-55)81-47(31(66)26(39)61)87-37-18(11-53)79-45(85-35)29(64)24(37)59/h16-69H,1-15H2,(H,70,71,72)(H,73,74,75)/t16-,17-,18-,19-,20-,21-,22-,23-,24-,25-,26-,27-,28-,29-,30-,31-,32-,33-,34-,35-,36-,37-,38-,39-,40-,41-,42-,43-,44-,45-,46-,47-,48-,49-,50-/m1/s1. The molecule has 0 unspecified atom stereocenters. The van der Waals surface area contributed by atoms with Crippen LogP contribution in [0.15, 0.2) is 0 Å². The maximum absolute atomic E-state index is 12.2. The number of rotatable bonds is 19. The van der Waals surface area contributed by atoms with Gasteiger partial charge in [0.1, 0.15) is 171 Å². The lowest BCUT2D eigenvalue weighted by Gasteiger charge is -2.51. The second kappa shape index (κ2) is 33.7. The lowest BCUT2D eigenvalue weighted by molar-refractivity contribution is -0.399. The third kappa shape index (κ3) is 18.0. The van der Waals surface area contributed by atoms with Crippen molar-refractivity contribution in [1.82, 2.24) is 0 Å². The van der Waals surface area contributed by atoms with Gasteiger partial charge in [0.05, 0.1) is 57.8 Å². The lowest BCUT2D eigenvalue weighted by atomic mass is 9.95. The molecule has 0 aromatic rings. The minimum Gasteiger partial charge on any atom is -0.394 e. The molecule has 21 N–H and O–H groups in total. The molecule has 0 amide bonds. The monoisotopic (exact) mass is 1410 g/mol. The summed E-state index contributed by atoms with van der Waals surface area (Å²) in [6, 6.07) is 0. The van der Waals surface area contributed by atoms with E-state index in [1.165, 1.54) is 0 Å². The molecule has 0 aromatic carbocycles. The van der Waals surface area contributed by atoms with Crippen LogP contribution in [-0.2, 0) is 96.0 Å². The van der Waals surface area contributed by atoms with E-state index in [9.17, 15) is 123 Å². The first-order valence-electron chi connectivity index (χ1n) is 29.8. The van der Waals surface area contributed by atoms with E-state index in [4.69, 9.17) is 75.8 Å². The highest BCUT2D eigenvalue weighted by Gasteiger charge is 2.60. The van der Waals surface area contributed by atoms with Crippen LogP contribution in [0.5, 0.6) is 0 Å². The Morgan fingerprint density at radius 2 is 0.430 bits per heavy atom. The van der Waals surface area contributed by atoms with Gasteiger partial charge < -0.3 is 173 Å². The van der Waals surface area contributed by atoms with Crippen LogP contribution in [0.1, 0.15) is 25.7 Å². The fraction of sp³-hybridized carbons (Fsp3) is 1.00. The molecule has 41 nitrogen and oxygen atoms in total. The number of unbranched alkanes of at least 4 members (excludes halogenated alkanes) is 2. The lowest BCUT2D eigenvalue weighted by Crippen LogP contribution is -2.68. The van der Waals surface area contributed by atoms with E-state index in [2.05, 4.69) is 0 Å². The Bertz CT molecular complexity index is 2440. The zero-order chi connectivity index (χ0) is 68.1. The maximum atomic E-state index is 12.2. The fourth-order valence-corrected chi connectivity index (χ4v) is 13.1. The highest BCUT2D eigenvalue weighted by Crippen LogP contribution is 2.40. The number of ether oxygens (including phenoxy) is 16. The van der Waals surface area contributed by atoms with Gasteiger partial charge in [-0.1, -0.05) is 0 Å². The van der Waals surface area contributed by atoms with Crippen LogP contribution in [0.4, 0.5) is 0 Å². The van der Waals surface area contributed by atoms with Gasteiger partial charge in [0.25, 0.3) is 20.2 Å². The van der Waals surface area contributed by atoms with Crippen molar-refractivity contribution in [2.45, 2.75) is 241 Å². The summed E-state index contributed by atoms with van der Waals surface area (Å²) in [6.45, 7) is -8.68. The van der Waals surface area contributed by atoms with Crippen LogP contribution < -0.4 is 0 Å². The van der Waals surface area contributed by atoms with Crippen LogP contribution >= 0.6 is 0 Å². The Kier molecular flexibility index (Phi) is 28.0. The third-order valence-electron chi connectivity index (χ3n) is 16.9. The van der Waals surface area contributed by atoms with Crippen LogP contribution in [0.25, 0.3) is 0 Å². The summed E-state index contributed by atoms with van der Waals surface area (Å²) in [5.41, 5.74) is 0. The normalized spacial score (nSPS) is 48.2. The molecule has 0 aromatic heterocycles. The van der Waals surface area contributed by atoms with E-state index in [0.29, 0.717) is 0 Å². The number of hydrogen-bond acceptors (Lipinski definition) is 39. The smallest absolute Gasteiger partial charge is 0.264 e. The van der Waals surface area contributed by atoms with Crippen LogP contribution in [0, 0.1) is 0 Å². The molecule has 21 rings (SSSR count). The summed E-state index contributed by atoms with van der Waals surface area (Å²) in [7, 11) is -9.00. The number of hydrogen-bond donors (Lipinski definition) is 21. The Labute approximate surface area is 529 Å². The van der Waals surface area contributed by atoms with Gasteiger partial charge in [-0.3, -0.25) is 9.11 Å². The topological polar surface area (TPSA) is 641 Å². The fourth-order valence-electron chi connectivity index (χ4n) is 12.0. The van der Waals surface area contributed by atoms with Crippen molar-refractivity contribution >= 4 is 20.2 Å². The summed E-state index contributed by atoms with van der Waals surface area (Å²) < 4.78 is 159. The molecule has 0 spiro atoms. The van der Waals surface area contributed by atoms with E-state index in [1.807, 2.05) is 0 Å². The Morgan fingerprint density at radius 3 is 0.624 bits per heavy atom. The average molecular weight is 1410 g/mol. The van der Waals surface area contributed by atoms with Gasteiger partial charge in [-0.25, -0.2) is 0 Å². The summed E-state index contributed by atoms with van der Waals surface area (Å²) >= 11 is 0. The van der Waals surface area contributed by atoms with Crippen molar-refractivity contribution in [1.29, 1.82) is 0 Å². The molecule has 0 radical (unpaired) electrons. The summed E-state index contributed by atoms with van der Waals surface area (Å²) in [5.74, 6) is -1.52. The largest absolute Gasteiger partial charge is 0.394 e. The van der Waals surface area contributed by atoms with E-state index in [1.54, 1.807) is 0 Å². The van der Waals surface area contributed by atoms with Gasteiger partial charge in [-0.15, -0.1) is 0 Å². The van der Waals surface area contributed by atoms with Crippen LogP contribution in [0.3, 0.4) is 0 Å². The maximum Gasteiger partial charge on any atom is 0.264 e. The Balaban J connectivity index is 1.14.